The third kappa shape index (κ3) is 5.41. The second-order valence-electron chi connectivity index (χ2n) is 6.95. The van der Waals surface area contributed by atoms with Crippen LogP contribution in [0.3, 0.4) is 0 Å². The summed E-state index contributed by atoms with van der Waals surface area (Å²) in [5.41, 5.74) is 8.57. The van der Waals surface area contributed by atoms with E-state index in [4.69, 9.17) is 10.5 Å². The number of hydrogen-bond donors (Lipinski definition) is 1. The maximum atomic E-state index is 12.6. The van der Waals surface area contributed by atoms with E-state index in [1.54, 1.807) is 0 Å². The Morgan fingerprint density at radius 2 is 1.73 bits per heavy atom. The van der Waals surface area contributed by atoms with Gasteiger partial charge in [-0.3, -0.25) is 4.79 Å². The van der Waals surface area contributed by atoms with E-state index in [0.29, 0.717) is 13.0 Å². The van der Waals surface area contributed by atoms with Crippen LogP contribution in [0.25, 0.3) is 0 Å². The van der Waals surface area contributed by atoms with E-state index in [-0.39, 0.29) is 12.0 Å². The fraction of sp³-hybridized carbons (Fsp3) is 0.409. The number of benzene rings is 2. The number of nitrogens with two attached hydrogens (primary N) is 1. The summed E-state index contributed by atoms with van der Waals surface area (Å²) in [4.78, 5) is 14.4. The predicted molar refractivity (Wildman–Crippen MR) is 104 cm³/mol. The number of likely N-dealkylation sites (tertiary alicyclic amines) is 1. The van der Waals surface area contributed by atoms with E-state index in [1.807, 2.05) is 41.3 Å². The van der Waals surface area contributed by atoms with E-state index in [0.717, 1.165) is 38.0 Å². The van der Waals surface area contributed by atoms with Crippen LogP contribution < -0.4 is 5.73 Å². The number of hydrogen-bond acceptors (Lipinski definition) is 3. The zero-order valence-corrected chi connectivity index (χ0v) is 15.2. The van der Waals surface area contributed by atoms with Crippen molar-refractivity contribution in [3.63, 3.8) is 0 Å². The van der Waals surface area contributed by atoms with Crippen LogP contribution in [0.2, 0.25) is 0 Å². The lowest BCUT2D eigenvalue weighted by molar-refractivity contribution is -0.132. The molecule has 0 radical (unpaired) electrons. The number of rotatable bonds is 8. The topological polar surface area (TPSA) is 55.6 Å². The van der Waals surface area contributed by atoms with Gasteiger partial charge in [-0.15, -0.1) is 0 Å². The lowest BCUT2D eigenvalue weighted by Gasteiger charge is -2.21. The number of nitrogens with zero attached hydrogens (tertiary/aromatic N) is 1. The van der Waals surface area contributed by atoms with Crippen molar-refractivity contribution in [2.75, 3.05) is 19.7 Å². The molecule has 3 rings (SSSR count). The molecule has 26 heavy (non-hydrogen) atoms. The highest BCUT2D eigenvalue weighted by molar-refractivity contribution is 5.82. The molecule has 2 N–H and O–H groups in total. The Morgan fingerprint density at radius 3 is 2.42 bits per heavy atom. The van der Waals surface area contributed by atoms with Gasteiger partial charge in [0.1, 0.15) is 0 Å². The summed E-state index contributed by atoms with van der Waals surface area (Å²) in [6.45, 7) is 2.13. The third-order valence-corrected chi connectivity index (χ3v) is 4.88. The Hall–Kier alpha value is -2.17. The van der Waals surface area contributed by atoms with Crippen molar-refractivity contribution in [3.8, 4) is 0 Å². The average Bonchev–Trinajstić information content (AvgIpc) is 3.15. The standard InChI is InChI=1S/C22H28N2O2/c23-21(16-19-10-5-2-6-11-19)22(25)24-14-13-20(17-24)26-15-7-12-18-8-3-1-4-9-18/h1-6,8-11,20-21H,7,12-17,23H2/t20?,21-/m0/s1. The molecule has 138 valence electrons. The minimum Gasteiger partial charge on any atom is -0.376 e. The molecule has 1 fully saturated rings. The van der Waals surface area contributed by atoms with Crippen LogP contribution in [-0.4, -0.2) is 42.6 Å². The molecule has 1 saturated heterocycles. The smallest absolute Gasteiger partial charge is 0.239 e. The highest BCUT2D eigenvalue weighted by Gasteiger charge is 2.29. The molecule has 0 bridgehead atoms. The van der Waals surface area contributed by atoms with E-state index < -0.39 is 6.04 Å². The minimum atomic E-state index is -0.478. The summed E-state index contributed by atoms with van der Waals surface area (Å²) in [5.74, 6) is 0.0317. The first-order chi connectivity index (χ1) is 12.7. The van der Waals surface area contributed by atoms with Gasteiger partial charge < -0.3 is 15.4 Å². The molecule has 1 amide bonds. The fourth-order valence-corrected chi connectivity index (χ4v) is 3.43. The zero-order chi connectivity index (χ0) is 18.2. The van der Waals surface area contributed by atoms with Gasteiger partial charge in [-0.1, -0.05) is 60.7 Å². The number of aryl methyl sites for hydroxylation is 1. The maximum absolute atomic E-state index is 12.6. The number of carbonyl (C=O) groups is 1. The Kier molecular flexibility index (Phi) is 6.81. The summed E-state index contributed by atoms with van der Waals surface area (Å²) in [7, 11) is 0. The van der Waals surface area contributed by atoms with E-state index in [2.05, 4.69) is 24.3 Å². The first-order valence-electron chi connectivity index (χ1n) is 9.46. The van der Waals surface area contributed by atoms with Gasteiger partial charge in [0.05, 0.1) is 12.1 Å². The van der Waals surface area contributed by atoms with Gasteiger partial charge in [0.2, 0.25) is 5.91 Å². The molecule has 4 nitrogen and oxygen atoms in total. The van der Waals surface area contributed by atoms with Gasteiger partial charge in [-0.2, -0.15) is 0 Å². The van der Waals surface area contributed by atoms with Gasteiger partial charge >= 0.3 is 0 Å². The highest BCUT2D eigenvalue weighted by Crippen LogP contribution is 2.15. The summed E-state index contributed by atoms with van der Waals surface area (Å²) >= 11 is 0. The van der Waals surface area contributed by atoms with E-state index in [9.17, 15) is 4.79 Å². The van der Waals surface area contributed by atoms with Crippen molar-refractivity contribution in [3.05, 3.63) is 71.8 Å². The molecule has 2 atom stereocenters. The van der Waals surface area contributed by atoms with Crippen molar-refractivity contribution < 1.29 is 9.53 Å². The summed E-state index contributed by atoms with van der Waals surface area (Å²) in [6.07, 6.45) is 3.65. The molecule has 0 aliphatic carbocycles. The van der Waals surface area contributed by atoms with Crippen molar-refractivity contribution in [2.24, 2.45) is 5.73 Å². The summed E-state index contributed by atoms with van der Waals surface area (Å²) < 4.78 is 5.97. The number of carbonyl (C=O) groups excluding carboxylic acids is 1. The largest absolute Gasteiger partial charge is 0.376 e. The molecule has 1 unspecified atom stereocenters. The summed E-state index contributed by atoms with van der Waals surface area (Å²) in [6, 6.07) is 19.9. The van der Waals surface area contributed by atoms with Crippen molar-refractivity contribution >= 4 is 5.91 Å². The normalized spacial score (nSPS) is 18.0. The average molecular weight is 352 g/mol. The fourth-order valence-electron chi connectivity index (χ4n) is 3.43. The van der Waals surface area contributed by atoms with Crippen LogP contribution in [0, 0.1) is 0 Å². The molecule has 0 aromatic heterocycles. The molecule has 0 spiro atoms. The molecular weight excluding hydrogens is 324 g/mol. The molecule has 4 heteroatoms. The maximum Gasteiger partial charge on any atom is 0.239 e. The van der Waals surface area contributed by atoms with Gasteiger partial charge in [-0.25, -0.2) is 0 Å². The molecule has 2 aromatic carbocycles. The lowest BCUT2D eigenvalue weighted by Crippen LogP contribution is -2.44. The first kappa shape index (κ1) is 18.6. The monoisotopic (exact) mass is 352 g/mol. The molecule has 1 heterocycles. The second kappa shape index (κ2) is 9.51. The van der Waals surface area contributed by atoms with Crippen molar-refractivity contribution in [1.29, 1.82) is 0 Å². The van der Waals surface area contributed by atoms with Gasteiger partial charge in [-0.05, 0) is 36.8 Å². The van der Waals surface area contributed by atoms with Gasteiger partial charge in [0.15, 0.2) is 0 Å². The van der Waals surface area contributed by atoms with Crippen molar-refractivity contribution in [2.45, 2.75) is 37.8 Å². The Labute approximate surface area is 156 Å². The number of ether oxygens (including phenoxy) is 1. The molecule has 2 aromatic rings. The highest BCUT2D eigenvalue weighted by atomic mass is 16.5. The quantitative estimate of drug-likeness (QED) is 0.743. The van der Waals surface area contributed by atoms with Crippen LogP contribution in [0.1, 0.15) is 24.0 Å². The molecule has 1 aliphatic rings. The Morgan fingerprint density at radius 1 is 1.08 bits per heavy atom. The SMILES string of the molecule is N[C@@H](Cc1ccccc1)C(=O)N1CCC(OCCCc2ccccc2)C1. The van der Waals surface area contributed by atoms with Crippen LogP contribution >= 0.6 is 0 Å². The van der Waals surface area contributed by atoms with Crippen LogP contribution in [0.15, 0.2) is 60.7 Å². The zero-order valence-electron chi connectivity index (χ0n) is 15.2. The second-order valence-corrected chi connectivity index (χ2v) is 6.95. The van der Waals surface area contributed by atoms with Gasteiger partial charge in [0, 0.05) is 19.7 Å². The molecular formula is C22H28N2O2. The Balaban J connectivity index is 1.37. The van der Waals surface area contributed by atoms with Crippen LogP contribution in [-0.2, 0) is 22.4 Å². The molecule has 0 saturated carbocycles. The van der Waals surface area contributed by atoms with E-state index in [1.165, 1.54) is 5.56 Å². The Bertz CT molecular complexity index is 675. The van der Waals surface area contributed by atoms with Crippen LogP contribution in [0.4, 0.5) is 0 Å². The lowest BCUT2D eigenvalue weighted by atomic mass is 10.1. The third-order valence-electron chi connectivity index (χ3n) is 4.88. The molecule has 1 aliphatic heterocycles. The minimum absolute atomic E-state index is 0.0317. The van der Waals surface area contributed by atoms with Gasteiger partial charge in [0.25, 0.3) is 0 Å². The van der Waals surface area contributed by atoms with E-state index >= 15 is 0 Å². The summed E-state index contributed by atoms with van der Waals surface area (Å²) in [5, 5.41) is 0. The van der Waals surface area contributed by atoms with Crippen molar-refractivity contribution in [1.82, 2.24) is 4.90 Å². The first-order valence-corrected chi connectivity index (χ1v) is 9.46. The van der Waals surface area contributed by atoms with Crippen LogP contribution in [0.5, 0.6) is 0 Å². The predicted octanol–water partition coefficient (Wildman–Crippen LogP) is 2.81. The number of amides is 1.